The van der Waals surface area contributed by atoms with Crippen LogP contribution in [0, 0.1) is 0 Å². The molecule has 120 valence electrons. The molecule has 3 rings (SSSR count). The second-order valence-corrected chi connectivity index (χ2v) is 6.07. The molecule has 3 heterocycles. The number of ether oxygens (including phenoxy) is 2. The molecule has 23 heavy (non-hydrogen) atoms. The quantitative estimate of drug-likeness (QED) is 0.806. The van der Waals surface area contributed by atoms with Gasteiger partial charge in [-0.15, -0.1) is 11.3 Å². The molecule has 0 saturated carbocycles. The summed E-state index contributed by atoms with van der Waals surface area (Å²) in [6, 6.07) is 7.76. The fourth-order valence-electron chi connectivity index (χ4n) is 2.59. The van der Waals surface area contributed by atoms with Crippen molar-refractivity contribution in [2.45, 2.75) is 6.42 Å². The van der Waals surface area contributed by atoms with Crippen molar-refractivity contribution < 1.29 is 14.3 Å². The van der Waals surface area contributed by atoms with Crippen molar-refractivity contribution in [1.29, 1.82) is 0 Å². The maximum absolute atomic E-state index is 11.7. The van der Waals surface area contributed by atoms with E-state index in [4.69, 9.17) is 9.47 Å². The Morgan fingerprint density at radius 2 is 2.17 bits per heavy atom. The predicted molar refractivity (Wildman–Crippen MR) is 91.3 cm³/mol. The Balaban J connectivity index is 1.79. The summed E-state index contributed by atoms with van der Waals surface area (Å²) < 4.78 is 9.97. The molecule has 6 heteroatoms. The van der Waals surface area contributed by atoms with E-state index in [1.165, 1.54) is 24.7 Å². The molecule has 0 unspecified atom stereocenters. The summed E-state index contributed by atoms with van der Waals surface area (Å²) >= 11 is 1.77. The molecule has 0 fully saturated rings. The number of anilines is 1. The minimum atomic E-state index is -0.445. The highest BCUT2D eigenvalue weighted by molar-refractivity contribution is 7.11. The van der Waals surface area contributed by atoms with Crippen LogP contribution in [0.4, 0.5) is 5.82 Å². The van der Waals surface area contributed by atoms with Crippen molar-refractivity contribution >= 4 is 28.7 Å². The van der Waals surface area contributed by atoms with Gasteiger partial charge in [0.05, 0.1) is 14.2 Å². The number of aromatic nitrogens is 1. The van der Waals surface area contributed by atoms with Crippen LogP contribution >= 0.6 is 11.3 Å². The Morgan fingerprint density at radius 3 is 2.78 bits per heavy atom. The largest absolute Gasteiger partial charge is 0.480 e. The Labute approximate surface area is 139 Å². The predicted octanol–water partition coefficient (Wildman–Crippen LogP) is 3.23. The average Bonchev–Trinajstić information content (AvgIpc) is 3.15. The molecule has 0 saturated heterocycles. The Kier molecular flexibility index (Phi) is 4.62. The van der Waals surface area contributed by atoms with Crippen LogP contribution in [0.2, 0.25) is 0 Å². The van der Waals surface area contributed by atoms with E-state index in [1.54, 1.807) is 17.4 Å². The highest BCUT2D eigenvalue weighted by Crippen LogP contribution is 2.29. The van der Waals surface area contributed by atoms with Gasteiger partial charge in [-0.2, -0.15) is 4.98 Å². The van der Waals surface area contributed by atoms with Crippen LogP contribution in [0.1, 0.15) is 21.7 Å². The van der Waals surface area contributed by atoms with Crippen LogP contribution in [0.15, 0.2) is 35.7 Å². The number of esters is 1. The van der Waals surface area contributed by atoms with E-state index in [9.17, 15) is 4.79 Å². The summed E-state index contributed by atoms with van der Waals surface area (Å²) in [5.41, 5.74) is 1.72. The maximum atomic E-state index is 11.7. The first-order chi connectivity index (χ1) is 11.2. The van der Waals surface area contributed by atoms with Gasteiger partial charge in [0.2, 0.25) is 5.88 Å². The van der Waals surface area contributed by atoms with Crippen molar-refractivity contribution in [1.82, 2.24) is 4.98 Å². The number of pyridine rings is 1. The topological polar surface area (TPSA) is 51.7 Å². The summed E-state index contributed by atoms with van der Waals surface area (Å²) in [4.78, 5) is 19.6. The Hall–Kier alpha value is -2.34. The van der Waals surface area contributed by atoms with E-state index in [2.05, 4.69) is 33.5 Å². The zero-order valence-electron chi connectivity index (χ0n) is 13.1. The second kappa shape index (κ2) is 6.83. The summed E-state index contributed by atoms with van der Waals surface area (Å²) in [6.07, 6.45) is 3.21. The first-order valence-electron chi connectivity index (χ1n) is 7.34. The van der Waals surface area contributed by atoms with Crippen molar-refractivity contribution in [3.05, 3.63) is 46.2 Å². The standard InChI is InChI=1S/C17H18N2O3S/c1-21-16-13(17(20)22-2)5-6-15(18-16)19-9-7-12(8-10-19)14-4-3-11-23-14/h3-7,11H,8-10H2,1-2H3. The van der Waals surface area contributed by atoms with Crippen LogP contribution in [0.25, 0.3) is 5.57 Å². The summed E-state index contributed by atoms with van der Waals surface area (Å²) in [6.45, 7) is 1.68. The molecule has 0 atom stereocenters. The number of rotatable bonds is 4. The number of hydrogen-bond acceptors (Lipinski definition) is 6. The maximum Gasteiger partial charge on any atom is 0.343 e. The molecule has 1 aliphatic rings. The molecular weight excluding hydrogens is 312 g/mol. The van der Waals surface area contributed by atoms with Gasteiger partial charge in [0.15, 0.2) is 0 Å². The normalized spacial score (nSPS) is 14.3. The minimum absolute atomic E-state index is 0.294. The van der Waals surface area contributed by atoms with Crippen LogP contribution in [0.5, 0.6) is 5.88 Å². The van der Waals surface area contributed by atoms with Crippen molar-refractivity contribution in [2.75, 3.05) is 32.2 Å². The SMILES string of the molecule is COC(=O)c1ccc(N2CC=C(c3cccs3)CC2)nc1OC. The first-order valence-corrected chi connectivity index (χ1v) is 8.22. The van der Waals surface area contributed by atoms with E-state index in [0.29, 0.717) is 11.4 Å². The van der Waals surface area contributed by atoms with E-state index in [1.807, 2.05) is 6.07 Å². The van der Waals surface area contributed by atoms with Gasteiger partial charge in [-0.05, 0) is 35.6 Å². The van der Waals surface area contributed by atoms with Gasteiger partial charge in [-0.1, -0.05) is 12.1 Å². The lowest BCUT2D eigenvalue weighted by Gasteiger charge is -2.27. The molecule has 2 aromatic heterocycles. The minimum Gasteiger partial charge on any atom is -0.480 e. The van der Waals surface area contributed by atoms with Crippen LogP contribution in [-0.4, -0.2) is 38.3 Å². The second-order valence-electron chi connectivity index (χ2n) is 5.12. The lowest BCUT2D eigenvalue weighted by atomic mass is 10.1. The summed E-state index contributed by atoms with van der Waals surface area (Å²) in [5, 5.41) is 2.10. The lowest BCUT2D eigenvalue weighted by Crippen LogP contribution is -2.29. The Morgan fingerprint density at radius 1 is 1.30 bits per heavy atom. The highest BCUT2D eigenvalue weighted by atomic mass is 32.1. The number of carbonyl (C=O) groups is 1. The van der Waals surface area contributed by atoms with Crippen LogP contribution < -0.4 is 9.64 Å². The molecule has 0 aliphatic carbocycles. The zero-order chi connectivity index (χ0) is 16.2. The van der Waals surface area contributed by atoms with Gasteiger partial charge >= 0.3 is 5.97 Å². The fraction of sp³-hybridized carbons (Fsp3) is 0.294. The third kappa shape index (κ3) is 3.22. The zero-order valence-corrected chi connectivity index (χ0v) is 13.9. The molecule has 0 spiro atoms. The van der Waals surface area contributed by atoms with Crippen molar-refractivity contribution in [3.8, 4) is 5.88 Å². The van der Waals surface area contributed by atoms with Crippen LogP contribution in [0.3, 0.4) is 0 Å². The van der Waals surface area contributed by atoms with E-state index >= 15 is 0 Å². The molecule has 2 aromatic rings. The van der Waals surface area contributed by atoms with Gasteiger partial charge in [0.25, 0.3) is 0 Å². The number of nitrogens with zero attached hydrogens (tertiary/aromatic N) is 2. The smallest absolute Gasteiger partial charge is 0.343 e. The molecule has 0 radical (unpaired) electrons. The molecule has 0 amide bonds. The summed E-state index contributed by atoms with van der Waals surface area (Å²) in [7, 11) is 2.85. The van der Waals surface area contributed by atoms with Crippen molar-refractivity contribution in [2.24, 2.45) is 0 Å². The molecule has 5 nitrogen and oxygen atoms in total. The lowest BCUT2D eigenvalue weighted by molar-refractivity contribution is 0.0596. The third-order valence-corrected chi connectivity index (χ3v) is 4.76. The Bertz CT molecular complexity index is 725. The summed E-state index contributed by atoms with van der Waals surface area (Å²) in [5.74, 6) is 0.651. The fourth-order valence-corrected chi connectivity index (χ4v) is 3.39. The number of thiophene rings is 1. The monoisotopic (exact) mass is 330 g/mol. The van der Waals surface area contributed by atoms with Gasteiger partial charge < -0.3 is 14.4 Å². The third-order valence-electron chi connectivity index (χ3n) is 3.82. The van der Waals surface area contributed by atoms with E-state index in [-0.39, 0.29) is 0 Å². The van der Waals surface area contributed by atoms with Gasteiger partial charge in [0, 0.05) is 18.0 Å². The van der Waals surface area contributed by atoms with Gasteiger partial charge in [0.1, 0.15) is 11.4 Å². The average molecular weight is 330 g/mol. The van der Waals surface area contributed by atoms with Gasteiger partial charge in [-0.25, -0.2) is 4.79 Å². The molecule has 0 bridgehead atoms. The van der Waals surface area contributed by atoms with E-state index in [0.717, 1.165) is 25.3 Å². The number of hydrogen-bond donors (Lipinski definition) is 0. The number of methoxy groups -OCH3 is 2. The van der Waals surface area contributed by atoms with Crippen LogP contribution in [-0.2, 0) is 4.74 Å². The van der Waals surface area contributed by atoms with E-state index < -0.39 is 5.97 Å². The molecule has 0 N–H and O–H groups in total. The molecular formula is C17H18N2O3S. The first kappa shape index (κ1) is 15.6. The van der Waals surface area contributed by atoms with Crippen molar-refractivity contribution in [3.63, 3.8) is 0 Å². The van der Waals surface area contributed by atoms with Gasteiger partial charge in [-0.3, -0.25) is 0 Å². The molecule has 0 aromatic carbocycles. The highest BCUT2D eigenvalue weighted by Gasteiger charge is 2.19. The molecule has 1 aliphatic heterocycles. The number of carbonyl (C=O) groups excluding carboxylic acids is 1.